The summed E-state index contributed by atoms with van der Waals surface area (Å²) in [5.41, 5.74) is 1.86. The molecule has 1 rings (SSSR count). The maximum atomic E-state index is 11.4. The van der Waals surface area contributed by atoms with Gasteiger partial charge in [-0.15, -0.1) is 11.3 Å². The second kappa shape index (κ2) is 5.37. The fraction of sp³-hybridized carbons (Fsp3) is 0.500. The minimum Gasteiger partial charge on any atom is -0.350 e. The van der Waals surface area contributed by atoms with Crippen LogP contribution in [0, 0.1) is 0 Å². The highest BCUT2D eigenvalue weighted by Crippen LogP contribution is 2.00. The maximum absolute atomic E-state index is 11.4. The number of aromatic nitrogens is 1. The molecule has 0 saturated carbocycles. The topological polar surface area (TPSA) is 79.4 Å². The van der Waals surface area contributed by atoms with Gasteiger partial charge >= 0.3 is 0 Å². The summed E-state index contributed by atoms with van der Waals surface area (Å²) >= 11 is 1.31. The first-order valence-electron chi connectivity index (χ1n) is 4.50. The van der Waals surface area contributed by atoms with E-state index in [2.05, 4.69) is 10.3 Å². The number of nitrogens with one attached hydrogen (secondary N) is 1. The first kappa shape index (κ1) is 13.1. The molecule has 0 bridgehead atoms. The van der Waals surface area contributed by atoms with Crippen molar-refractivity contribution in [2.45, 2.75) is 0 Å². The van der Waals surface area contributed by atoms with Gasteiger partial charge in [0.1, 0.15) is 5.69 Å². The van der Waals surface area contributed by atoms with Gasteiger partial charge in [0, 0.05) is 26.0 Å². The third-order valence-electron chi connectivity index (χ3n) is 1.87. The maximum Gasteiger partial charge on any atom is 0.270 e. The lowest BCUT2D eigenvalue weighted by Crippen LogP contribution is -2.34. The van der Waals surface area contributed by atoms with Crippen LogP contribution >= 0.6 is 11.3 Å². The van der Waals surface area contributed by atoms with Crippen LogP contribution in [-0.4, -0.2) is 50.0 Å². The molecule has 1 aromatic rings. The smallest absolute Gasteiger partial charge is 0.270 e. The third-order valence-corrected chi connectivity index (χ3v) is 4.29. The SMILES string of the molecule is CN(C)S(=O)(=O)CCNC(=O)c1cscn1. The molecule has 0 spiro atoms. The Bertz CT molecular complexity index is 439. The van der Waals surface area contributed by atoms with Crippen molar-refractivity contribution in [3.63, 3.8) is 0 Å². The lowest BCUT2D eigenvalue weighted by atomic mass is 10.4. The second-order valence-electron chi connectivity index (χ2n) is 3.23. The second-order valence-corrected chi connectivity index (χ2v) is 6.25. The van der Waals surface area contributed by atoms with E-state index >= 15 is 0 Å². The van der Waals surface area contributed by atoms with E-state index in [9.17, 15) is 13.2 Å². The Labute approximate surface area is 98.3 Å². The van der Waals surface area contributed by atoms with E-state index in [0.29, 0.717) is 5.69 Å². The molecular formula is C8H13N3O3S2. The molecule has 0 fully saturated rings. The van der Waals surface area contributed by atoms with Crippen LogP contribution in [0.15, 0.2) is 10.9 Å². The van der Waals surface area contributed by atoms with E-state index in [1.165, 1.54) is 25.4 Å². The fourth-order valence-electron chi connectivity index (χ4n) is 0.891. The normalized spacial score (nSPS) is 11.7. The molecule has 0 aromatic carbocycles. The summed E-state index contributed by atoms with van der Waals surface area (Å²) in [5.74, 6) is -0.467. The van der Waals surface area contributed by atoms with Crippen LogP contribution in [0.2, 0.25) is 0 Å². The fourth-order valence-corrected chi connectivity index (χ4v) is 2.15. The van der Waals surface area contributed by atoms with Gasteiger partial charge in [-0.25, -0.2) is 17.7 Å². The van der Waals surface area contributed by atoms with Crippen LogP contribution in [-0.2, 0) is 10.0 Å². The Morgan fingerprint density at radius 2 is 2.25 bits per heavy atom. The molecule has 1 amide bonds. The molecular weight excluding hydrogens is 250 g/mol. The number of amides is 1. The molecule has 1 N–H and O–H groups in total. The number of nitrogens with zero attached hydrogens (tertiary/aromatic N) is 2. The highest BCUT2D eigenvalue weighted by molar-refractivity contribution is 7.89. The van der Waals surface area contributed by atoms with Gasteiger partial charge in [-0.3, -0.25) is 4.79 Å². The molecule has 16 heavy (non-hydrogen) atoms. The van der Waals surface area contributed by atoms with Gasteiger partial charge in [-0.2, -0.15) is 0 Å². The lowest BCUT2D eigenvalue weighted by molar-refractivity contribution is 0.0952. The van der Waals surface area contributed by atoms with E-state index < -0.39 is 10.0 Å². The van der Waals surface area contributed by atoms with E-state index in [-0.39, 0.29) is 18.2 Å². The van der Waals surface area contributed by atoms with Crippen LogP contribution in [0.3, 0.4) is 0 Å². The number of carbonyl (C=O) groups excluding carboxylic acids is 1. The van der Waals surface area contributed by atoms with Crippen molar-refractivity contribution in [3.05, 3.63) is 16.6 Å². The number of rotatable bonds is 5. The molecule has 0 aliphatic heterocycles. The molecule has 0 unspecified atom stereocenters. The molecule has 90 valence electrons. The van der Waals surface area contributed by atoms with E-state index in [1.54, 1.807) is 10.9 Å². The highest BCUT2D eigenvalue weighted by Gasteiger charge is 2.14. The van der Waals surface area contributed by atoms with Crippen molar-refractivity contribution in [2.24, 2.45) is 0 Å². The molecule has 0 radical (unpaired) electrons. The van der Waals surface area contributed by atoms with Gasteiger partial charge in [0.05, 0.1) is 11.3 Å². The van der Waals surface area contributed by atoms with Gasteiger partial charge in [0.15, 0.2) is 0 Å². The van der Waals surface area contributed by atoms with Crippen LogP contribution in [0.4, 0.5) is 0 Å². The van der Waals surface area contributed by atoms with Gasteiger partial charge in [-0.05, 0) is 0 Å². The Hall–Kier alpha value is -0.990. The summed E-state index contributed by atoms with van der Waals surface area (Å²) in [6.07, 6.45) is 0. The summed E-state index contributed by atoms with van der Waals surface area (Å²) in [4.78, 5) is 15.2. The van der Waals surface area contributed by atoms with Crippen molar-refractivity contribution < 1.29 is 13.2 Å². The van der Waals surface area contributed by atoms with E-state index in [4.69, 9.17) is 0 Å². The van der Waals surface area contributed by atoms with Crippen molar-refractivity contribution >= 4 is 27.3 Å². The molecule has 0 aliphatic rings. The largest absolute Gasteiger partial charge is 0.350 e. The first-order valence-corrected chi connectivity index (χ1v) is 7.05. The zero-order chi connectivity index (χ0) is 12.2. The zero-order valence-electron chi connectivity index (χ0n) is 9.00. The quantitative estimate of drug-likeness (QED) is 0.795. The van der Waals surface area contributed by atoms with Gasteiger partial charge < -0.3 is 5.32 Å². The van der Waals surface area contributed by atoms with Crippen LogP contribution in [0.25, 0.3) is 0 Å². The summed E-state index contributed by atoms with van der Waals surface area (Å²) in [7, 11) is -0.350. The van der Waals surface area contributed by atoms with E-state index in [1.807, 2.05) is 0 Å². The molecule has 0 atom stereocenters. The van der Waals surface area contributed by atoms with Crippen molar-refractivity contribution in [1.29, 1.82) is 0 Å². The van der Waals surface area contributed by atoms with Gasteiger partial charge in [0.2, 0.25) is 10.0 Å². The monoisotopic (exact) mass is 263 g/mol. The summed E-state index contributed by atoms with van der Waals surface area (Å²) in [5, 5.41) is 4.10. The Morgan fingerprint density at radius 3 is 2.75 bits per heavy atom. The molecule has 8 heteroatoms. The Balaban J connectivity index is 2.40. The van der Waals surface area contributed by atoms with Crippen LogP contribution in [0.1, 0.15) is 10.5 Å². The number of carbonyl (C=O) groups is 1. The van der Waals surface area contributed by atoms with Crippen molar-refractivity contribution in [1.82, 2.24) is 14.6 Å². The molecule has 1 aromatic heterocycles. The van der Waals surface area contributed by atoms with Crippen LogP contribution < -0.4 is 5.32 Å². The average Bonchev–Trinajstić information content (AvgIpc) is 2.69. The summed E-state index contributed by atoms with van der Waals surface area (Å²) in [6.45, 7) is 0.0802. The Morgan fingerprint density at radius 1 is 1.56 bits per heavy atom. The number of sulfonamides is 1. The minimum atomic E-state index is -3.26. The zero-order valence-corrected chi connectivity index (χ0v) is 10.6. The highest BCUT2D eigenvalue weighted by atomic mass is 32.2. The number of hydrogen-bond acceptors (Lipinski definition) is 5. The minimum absolute atomic E-state index is 0.0802. The molecule has 0 aliphatic carbocycles. The third kappa shape index (κ3) is 3.54. The predicted molar refractivity (Wildman–Crippen MR) is 61.9 cm³/mol. The van der Waals surface area contributed by atoms with Gasteiger partial charge in [-0.1, -0.05) is 0 Å². The van der Waals surface area contributed by atoms with Crippen molar-refractivity contribution in [2.75, 3.05) is 26.4 Å². The molecule has 0 saturated heterocycles. The Kier molecular flexibility index (Phi) is 4.39. The predicted octanol–water partition coefficient (Wildman–Crippen LogP) is -0.236. The van der Waals surface area contributed by atoms with Crippen LogP contribution in [0.5, 0.6) is 0 Å². The summed E-state index contributed by atoms with van der Waals surface area (Å²) < 4.78 is 23.8. The standard InChI is InChI=1S/C8H13N3O3S2/c1-11(2)16(13,14)4-3-9-8(12)7-5-15-6-10-7/h5-6H,3-4H2,1-2H3,(H,9,12). The van der Waals surface area contributed by atoms with Crippen molar-refractivity contribution in [3.8, 4) is 0 Å². The molecule has 6 nitrogen and oxygen atoms in total. The first-order chi connectivity index (χ1) is 7.43. The van der Waals surface area contributed by atoms with Gasteiger partial charge in [0.25, 0.3) is 5.91 Å². The van der Waals surface area contributed by atoms with E-state index in [0.717, 1.165) is 4.31 Å². The number of thiazole rings is 1. The average molecular weight is 263 g/mol. The molecule has 1 heterocycles. The lowest BCUT2D eigenvalue weighted by Gasteiger charge is -2.11. The summed E-state index contributed by atoms with van der Waals surface area (Å²) in [6, 6.07) is 0. The number of hydrogen-bond donors (Lipinski definition) is 1.